The molecule has 0 saturated heterocycles. The normalized spacial score (nSPS) is 13.0. The van der Waals surface area contributed by atoms with Crippen molar-refractivity contribution >= 4 is 10.8 Å². The molecule has 72 valence electrons. The van der Waals surface area contributed by atoms with Gasteiger partial charge in [0.05, 0.1) is 0 Å². The van der Waals surface area contributed by atoms with Crippen LogP contribution in [0.15, 0.2) is 36.7 Å². The van der Waals surface area contributed by atoms with E-state index >= 15 is 0 Å². The number of fused-ring (bicyclic) bond motifs is 1. The fraction of sp³-hybridized carbons (Fsp3) is 0.182. The van der Waals surface area contributed by atoms with Crippen molar-refractivity contribution in [3.8, 4) is 0 Å². The maximum Gasteiger partial charge on any atom is 0.138 e. The van der Waals surface area contributed by atoms with Gasteiger partial charge in [0.1, 0.15) is 6.17 Å². The van der Waals surface area contributed by atoms with E-state index in [1.807, 2.05) is 18.2 Å². The van der Waals surface area contributed by atoms with Gasteiger partial charge in [-0.2, -0.15) is 0 Å². The molecular formula is C11H11FN2. The molecule has 1 aromatic carbocycles. The highest BCUT2D eigenvalue weighted by Crippen LogP contribution is 2.24. The van der Waals surface area contributed by atoms with Gasteiger partial charge in [-0.3, -0.25) is 4.98 Å². The van der Waals surface area contributed by atoms with Crippen LogP contribution in [-0.2, 0) is 0 Å². The largest absolute Gasteiger partial charge is 0.327 e. The van der Waals surface area contributed by atoms with Gasteiger partial charge in [-0.15, -0.1) is 0 Å². The lowest BCUT2D eigenvalue weighted by atomic mass is 10.0. The molecule has 2 rings (SSSR count). The van der Waals surface area contributed by atoms with Gasteiger partial charge >= 0.3 is 0 Å². The minimum absolute atomic E-state index is 0.00794. The van der Waals surface area contributed by atoms with Crippen LogP contribution >= 0.6 is 0 Å². The fourth-order valence-electron chi connectivity index (χ4n) is 1.54. The van der Waals surface area contributed by atoms with Crippen molar-refractivity contribution in [2.75, 3.05) is 6.54 Å². The van der Waals surface area contributed by atoms with E-state index in [0.717, 1.165) is 10.8 Å². The smallest absolute Gasteiger partial charge is 0.138 e. The summed E-state index contributed by atoms with van der Waals surface area (Å²) >= 11 is 0. The number of hydrogen-bond acceptors (Lipinski definition) is 2. The minimum atomic E-state index is -1.11. The number of pyridine rings is 1. The van der Waals surface area contributed by atoms with Crippen LogP contribution in [0, 0.1) is 0 Å². The molecule has 0 aliphatic rings. The molecule has 0 fully saturated rings. The summed E-state index contributed by atoms with van der Waals surface area (Å²) in [4.78, 5) is 3.98. The molecule has 0 amide bonds. The zero-order valence-corrected chi connectivity index (χ0v) is 7.65. The molecule has 1 atom stereocenters. The molecule has 0 bridgehead atoms. The zero-order valence-electron chi connectivity index (χ0n) is 7.65. The molecule has 0 saturated carbocycles. The summed E-state index contributed by atoms with van der Waals surface area (Å²) < 4.78 is 13.4. The van der Waals surface area contributed by atoms with Crippen LogP contribution in [0.4, 0.5) is 4.39 Å². The Hall–Kier alpha value is -1.48. The molecule has 14 heavy (non-hydrogen) atoms. The topological polar surface area (TPSA) is 38.9 Å². The second-order valence-electron chi connectivity index (χ2n) is 3.15. The van der Waals surface area contributed by atoms with E-state index in [9.17, 15) is 4.39 Å². The first-order valence-corrected chi connectivity index (χ1v) is 4.49. The molecule has 0 spiro atoms. The molecule has 0 radical (unpaired) electrons. The van der Waals surface area contributed by atoms with Crippen molar-refractivity contribution < 1.29 is 4.39 Å². The van der Waals surface area contributed by atoms with Gasteiger partial charge in [0.2, 0.25) is 0 Å². The monoisotopic (exact) mass is 190 g/mol. The molecule has 0 aliphatic carbocycles. The lowest BCUT2D eigenvalue weighted by Crippen LogP contribution is -2.07. The first kappa shape index (κ1) is 9.09. The third-order valence-corrected chi connectivity index (χ3v) is 2.26. The number of halogens is 1. The van der Waals surface area contributed by atoms with Crippen molar-refractivity contribution in [1.29, 1.82) is 0 Å². The number of hydrogen-bond donors (Lipinski definition) is 1. The highest BCUT2D eigenvalue weighted by molar-refractivity contribution is 5.85. The molecule has 1 unspecified atom stereocenters. The zero-order chi connectivity index (χ0) is 9.97. The first-order chi connectivity index (χ1) is 6.83. The Bertz CT molecular complexity index is 437. The summed E-state index contributed by atoms with van der Waals surface area (Å²) in [6.07, 6.45) is 2.26. The quantitative estimate of drug-likeness (QED) is 0.788. The second kappa shape index (κ2) is 3.72. The number of nitrogens with two attached hydrogens (primary N) is 1. The van der Waals surface area contributed by atoms with Gasteiger partial charge in [-0.1, -0.05) is 18.2 Å². The predicted octanol–water partition coefficient (Wildman–Crippen LogP) is 2.20. The van der Waals surface area contributed by atoms with Crippen molar-refractivity contribution in [1.82, 2.24) is 4.98 Å². The second-order valence-corrected chi connectivity index (χ2v) is 3.15. The van der Waals surface area contributed by atoms with Crippen molar-refractivity contribution in [2.24, 2.45) is 5.73 Å². The third-order valence-electron chi connectivity index (χ3n) is 2.26. The number of nitrogens with zero attached hydrogens (tertiary/aromatic N) is 1. The molecule has 2 N–H and O–H groups in total. The molecule has 3 heteroatoms. The maximum absolute atomic E-state index is 13.4. The van der Waals surface area contributed by atoms with E-state index in [2.05, 4.69) is 4.98 Å². The van der Waals surface area contributed by atoms with Crippen LogP contribution in [0.25, 0.3) is 10.8 Å². The Labute approximate surface area is 81.6 Å². The number of aromatic nitrogens is 1. The molecule has 2 aromatic rings. The van der Waals surface area contributed by atoms with E-state index in [-0.39, 0.29) is 6.54 Å². The highest BCUT2D eigenvalue weighted by atomic mass is 19.1. The van der Waals surface area contributed by atoms with E-state index < -0.39 is 6.17 Å². The van der Waals surface area contributed by atoms with Gasteiger partial charge in [-0.05, 0) is 17.0 Å². The van der Waals surface area contributed by atoms with E-state index in [1.165, 1.54) is 0 Å². The van der Waals surface area contributed by atoms with Gasteiger partial charge < -0.3 is 5.73 Å². The summed E-state index contributed by atoms with van der Waals surface area (Å²) in [5.74, 6) is 0. The van der Waals surface area contributed by atoms with Crippen LogP contribution in [0.1, 0.15) is 11.7 Å². The van der Waals surface area contributed by atoms with Gasteiger partial charge in [0.15, 0.2) is 0 Å². The Morgan fingerprint density at radius 3 is 3.00 bits per heavy atom. The van der Waals surface area contributed by atoms with Crippen LogP contribution < -0.4 is 5.73 Å². The number of rotatable bonds is 2. The predicted molar refractivity (Wildman–Crippen MR) is 54.6 cm³/mol. The summed E-state index contributed by atoms with van der Waals surface area (Å²) in [6.45, 7) is 0.00794. The maximum atomic E-state index is 13.4. The Morgan fingerprint density at radius 1 is 1.36 bits per heavy atom. The summed E-state index contributed by atoms with van der Waals surface area (Å²) in [6, 6.07) is 7.38. The molecule has 1 aromatic heterocycles. The van der Waals surface area contributed by atoms with E-state index in [0.29, 0.717) is 5.56 Å². The van der Waals surface area contributed by atoms with E-state index in [1.54, 1.807) is 18.5 Å². The average molecular weight is 190 g/mol. The van der Waals surface area contributed by atoms with Crippen LogP contribution in [0.2, 0.25) is 0 Å². The molecular weight excluding hydrogens is 179 g/mol. The summed E-state index contributed by atoms with van der Waals surface area (Å²) in [7, 11) is 0. The summed E-state index contributed by atoms with van der Waals surface area (Å²) in [5.41, 5.74) is 5.92. The van der Waals surface area contributed by atoms with Gasteiger partial charge in [0.25, 0.3) is 0 Å². The molecule has 0 aliphatic heterocycles. The van der Waals surface area contributed by atoms with Crippen molar-refractivity contribution in [2.45, 2.75) is 6.17 Å². The van der Waals surface area contributed by atoms with Gasteiger partial charge in [-0.25, -0.2) is 4.39 Å². The number of benzene rings is 1. The highest BCUT2D eigenvalue weighted by Gasteiger charge is 2.10. The van der Waals surface area contributed by atoms with Crippen LogP contribution in [0.5, 0.6) is 0 Å². The third kappa shape index (κ3) is 1.46. The Kier molecular flexibility index (Phi) is 2.41. The number of alkyl halides is 1. The van der Waals surface area contributed by atoms with Crippen molar-refractivity contribution in [3.05, 3.63) is 42.2 Å². The average Bonchev–Trinajstić information content (AvgIpc) is 2.27. The standard InChI is InChI=1S/C11H11FN2/c12-11(6-13)9-3-1-2-8-4-5-14-7-10(8)9/h1-5,7,11H,6,13H2. The lowest BCUT2D eigenvalue weighted by Gasteiger charge is -2.08. The first-order valence-electron chi connectivity index (χ1n) is 4.49. The molecule has 2 nitrogen and oxygen atoms in total. The lowest BCUT2D eigenvalue weighted by molar-refractivity contribution is 0.355. The fourth-order valence-corrected chi connectivity index (χ4v) is 1.54. The Balaban J connectivity index is 2.65. The van der Waals surface area contributed by atoms with E-state index in [4.69, 9.17) is 5.73 Å². The minimum Gasteiger partial charge on any atom is -0.327 e. The van der Waals surface area contributed by atoms with Crippen molar-refractivity contribution in [3.63, 3.8) is 0 Å². The Morgan fingerprint density at radius 2 is 2.21 bits per heavy atom. The molecule has 1 heterocycles. The summed E-state index contributed by atoms with van der Waals surface area (Å²) in [5, 5.41) is 1.83. The van der Waals surface area contributed by atoms with Crippen LogP contribution in [0.3, 0.4) is 0 Å². The SMILES string of the molecule is NCC(F)c1cccc2ccncc12. The van der Waals surface area contributed by atoms with Gasteiger partial charge in [0, 0.05) is 24.3 Å². The van der Waals surface area contributed by atoms with Crippen LogP contribution in [-0.4, -0.2) is 11.5 Å².